The van der Waals surface area contributed by atoms with Crippen molar-refractivity contribution in [2.24, 2.45) is 5.92 Å². The van der Waals surface area contributed by atoms with Gasteiger partial charge in [0.1, 0.15) is 0 Å². The summed E-state index contributed by atoms with van der Waals surface area (Å²) in [4.78, 5) is 0. The smallest absolute Gasteiger partial charge is 0.0223 e. The van der Waals surface area contributed by atoms with E-state index in [1.807, 2.05) is 0 Å². The molecule has 0 bridgehead atoms. The Morgan fingerprint density at radius 3 is 2.50 bits per heavy atom. The maximum atomic E-state index is 5.50. The van der Waals surface area contributed by atoms with Crippen LogP contribution in [0.4, 0.5) is 0 Å². The van der Waals surface area contributed by atoms with Crippen molar-refractivity contribution in [3.8, 4) is 0 Å². The summed E-state index contributed by atoms with van der Waals surface area (Å²) in [5, 5.41) is 0. The van der Waals surface area contributed by atoms with Gasteiger partial charge in [-0.3, -0.25) is 0 Å². The van der Waals surface area contributed by atoms with Gasteiger partial charge in [0.15, 0.2) is 0 Å². The van der Waals surface area contributed by atoms with Gasteiger partial charge in [0.2, 0.25) is 0 Å². The third-order valence-corrected chi connectivity index (χ3v) is 1.79. The van der Waals surface area contributed by atoms with Crippen molar-refractivity contribution >= 4 is 11.6 Å². The maximum absolute atomic E-state index is 5.50. The molecule has 0 heterocycles. The van der Waals surface area contributed by atoms with Gasteiger partial charge in [-0.1, -0.05) is 20.3 Å². The summed E-state index contributed by atoms with van der Waals surface area (Å²) in [5.41, 5.74) is 0. The van der Waals surface area contributed by atoms with Crippen LogP contribution in [-0.2, 0) is 0 Å². The summed E-state index contributed by atoms with van der Waals surface area (Å²) in [7, 11) is 0. The Morgan fingerprint density at radius 1 is 1.50 bits per heavy atom. The Bertz CT molecular complexity index is 43.7. The van der Waals surface area contributed by atoms with Crippen LogP contribution in [0.5, 0.6) is 0 Å². The first-order chi connectivity index (χ1) is 3.81. The molecule has 0 radical (unpaired) electrons. The van der Waals surface area contributed by atoms with Gasteiger partial charge in [-0.2, -0.15) is 0 Å². The van der Waals surface area contributed by atoms with Crippen LogP contribution in [0.15, 0.2) is 0 Å². The molecule has 0 spiro atoms. The maximum Gasteiger partial charge on any atom is 0.0223 e. The SMILES string of the molecule is CCC(C)CCCCl. The molecule has 50 valence electrons. The molecule has 0 saturated heterocycles. The standard InChI is InChI=1S/C7H15Cl/c1-3-7(2)5-4-6-8/h7H,3-6H2,1-2H3. The van der Waals surface area contributed by atoms with Crippen LogP contribution in [0.2, 0.25) is 0 Å². The molecular formula is C7H15Cl. The lowest BCUT2D eigenvalue weighted by molar-refractivity contribution is 0.510. The van der Waals surface area contributed by atoms with Gasteiger partial charge in [0.05, 0.1) is 0 Å². The summed E-state index contributed by atoms with van der Waals surface area (Å²) in [6.45, 7) is 4.49. The van der Waals surface area contributed by atoms with E-state index in [2.05, 4.69) is 13.8 Å². The van der Waals surface area contributed by atoms with Crippen molar-refractivity contribution in [2.75, 3.05) is 5.88 Å². The second kappa shape index (κ2) is 5.43. The largest absolute Gasteiger partial charge is 0.127 e. The number of hydrogen-bond acceptors (Lipinski definition) is 0. The van der Waals surface area contributed by atoms with Crippen molar-refractivity contribution in [1.29, 1.82) is 0 Å². The molecule has 0 aromatic rings. The van der Waals surface area contributed by atoms with Crippen LogP contribution in [-0.4, -0.2) is 5.88 Å². The molecule has 0 amide bonds. The van der Waals surface area contributed by atoms with Crippen LogP contribution in [0.1, 0.15) is 33.1 Å². The first kappa shape index (κ1) is 8.29. The van der Waals surface area contributed by atoms with Gasteiger partial charge in [-0.15, -0.1) is 11.6 Å². The molecule has 0 saturated carbocycles. The molecule has 8 heavy (non-hydrogen) atoms. The molecule has 1 unspecified atom stereocenters. The molecular weight excluding hydrogens is 120 g/mol. The van der Waals surface area contributed by atoms with Crippen molar-refractivity contribution in [3.05, 3.63) is 0 Å². The highest BCUT2D eigenvalue weighted by molar-refractivity contribution is 6.17. The predicted molar refractivity (Wildman–Crippen MR) is 39.4 cm³/mol. The zero-order chi connectivity index (χ0) is 6.41. The van der Waals surface area contributed by atoms with E-state index in [4.69, 9.17) is 11.6 Å². The van der Waals surface area contributed by atoms with Gasteiger partial charge in [0.25, 0.3) is 0 Å². The molecule has 0 rings (SSSR count). The molecule has 0 aromatic heterocycles. The average molecular weight is 135 g/mol. The number of hydrogen-bond donors (Lipinski definition) is 0. The van der Waals surface area contributed by atoms with Gasteiger partial charge in [-0.25, -0.2) is 0 Å². The van der Waals surface area contributed by atoms with Crippen LogP contribution in [0.25, 0.3) is 0 Å². The van der Waals surface area contributed by atoms with E-state index in [1.54, 1.807) is 0 Å². The third-order valence-electron chi connectivity index (χ3n) is 1.53. The van der Waals surface area contributed by atoms with Gasteiger partial charge in [0, 0.05) is 5.88 Å². The summed E-state index contributed by atoms with van der Waals surface area (Å²) in [5.74, 6) is 1.69. The Kier molecular flexibility index (Phi) is 5.62. The Labute approximate surface area is 57.2 Å². The van der Waals surface area contributed by atoms with Crippen molar-refractivity contribution in [3.63, 3.8) is 0 Å². The lowest BCUT2D eigenvalue weighted by atomic mass is 10.0. The number of rotatable bonds is 4. The minimum atomic E-state index is 0.824. The fourth-order valence-corrected chi connectivity index (χ4v) is 0.784. The first-order valence-corrected chi connectivity index (χ1v) is 3.90. The summed E-state index contributed by atoms with van der Waals surface area (Å²) in [6.07, 6.45) is 3.76. The molecule has 0 nitrogen and oxygen atoms in total. The van der Waals surface area contributed by atoms with E-state index in [0.29, 0.717) is 0 Å². The zero-order valence-corrected chi connectivity index (χ0v) is 6.54. The highest BCUT2D eigenvalue weighted by Crippen LogP contribution is 2.08. The lowest BCUT2D eigenvalue weighted by Crippen LogP contribution is -1.91. The van der Waals surface area contributed by atoms with Crippen LogP contribution < -0.4 is 0 Å². The monoisotopic (exact) mass is 134 g/mol. The average Bonchev–Trinajstić information content (AvgIpc) is 1.83. The quantitative estimate of drug-likeness (QED) is 0.519. The molecule has 1 heteroatoms. The summed E-state index contributed by atoms with van der Waals surface area (Å²) in [6, 6.07) is 0. The molecule has 0 aliphatic rings. The number of halogens is 1. The van der Waals surface area contributed by atoms with E-state index in [9.17, 15) is 0 Å². The molecule has 0 aromatic carbocycles. The van der Waals surface area contributed by atoms with Crippen molar-refractivity contribution in [2.45, 2.75) is 33.1 Å². The van der Waals surface area contributed by atoms with Crippen molar-refractivity contribution in [1.82, 2.24) is 0 Å². The Balaban J connectivity index is 2.86. The van der Waals surface area contributed by atoms with E-state index in [0.717, 1.165) is 11.8 Å². The lowest BCUT2D eigenvalue weighted by Gasteiger charge is -2.03. The van der Waals surface area contributed by atoms with E-state index >= 15 is 0 Å². The Hall–Kier alpha value is 0.290. The molecule has 0 N–H and O–H groups in total. The van der Waals surface area contributed by atoms with Crippen LogP contribution in [0.3, 0.4) is 0 Å². The topological polar surface area (TPSA) is 0 Å². The summed E-state index contributed by atoms with van der Waals surface area (Å²) < 4.78 is 0. The Morgan fingerprint density at radius 2 is 2.12 bits per heavy atom. The second-order valence-corrected chi connectivity index (χ2v) is 2.72. The highest BCUT2D eigenvalue weighted by Gasteiger charge is 1.95. The van der Waals surface area contributed by atoms with E-state index in [1.165, 1.54) is 19.3 Å². The molecule has 1 atom stereocenters. The molecule has 0 aliphatic carbocycles. The molecule has 0 fully saturated rings. The number of alkyl halides is 1. The van der Waals surface area contributed by atoms with Gasteiger partial charge < -0.3 is 0 Å². The first-order valence-electron chi connectivity index (χ1n) is 3.37. The minimum absolute atomic E-state index is 0.824. The minimum Gasteiger partial charge on any atom is -0.127 e. The van der Waals surface area contributed by atoms with Crippen molar-refractivity contribution < 1.29 is 0 Å². The highest BCUT2D eigenvalue weighted by atomic mass is 35.5. The fourth-order valence-electron chi connectivity index (χ4n) is 0.630. The third kappa shape index (κ3) is 4.45. The predicted octanol–water partition coefficient (Wildman–Crippen LogP) is 3.05. The van der Waals surface area contributed by atoms with Crippen LogP contribution in [0, 0.1) is 5.92 Å². The van der Waals surface area contributed by atoms with Gasteiger partial charge in [-0.05, 0) is 18.8 Å². The fraction of sp³-hybridized carbons (Fsp3) is 1.00. The van der Waals surface area contributed by atoms with E-state index in [-0.39, 0.29) is 0 Å². The van der Waals surface area contributed by atoms with Crippen LogP contribution >= 0.6 is 11.6 Å². The summed E-state index contributed by atoms with van der Waals surface area (Å²) >= 11 is 5.50. The normalized spacial score (nSPS) is 13.9. The zero-order valence-electron chi connectivity index (χ0n) is 5.78. The molecule has 0 aliphatic heterocycles. The van der Waals surface area contributed by atoms with Gasteiger partial charge >= 0.3 is 0 Å². The van der Waals surface area contributed by atoms with E-state index < -0.39 is 0 Å². The second-order valence-electron chi connectivity index (χ2n) is 2.34.